The lowest BCUT2D eigenvalue weighted by Crippen LogP contribution is -2.34. The fraction of sp³-hybridized carbons (Fsp3) is 0.440. The smallest absolute Gasteiger partial charge is 0.251 e. The molecule has 0 aliphatic heterocycles. The van der Waals surface area contributed by atoms with Crippen molar-refractivity contribution < 1.29 is 14.4 Å². The van der Waals surface area contributed by atoms with E-state index < -0.39 is 8.32 Å². The Kier molecular flexibility index (Phi) is 9.53. The van der Waals surface area contributed by atoms with Gasteiger partial charge >= 0.3 is 0 Å². The first-order chi connectivity index (χ1) is 17.9. The molecular formula is C25H37N9O3Si. The van der Waals surface area contributed by atoms with Gasteiger partial charge in [-0.1, -0.05) is 0 Å². The molecule has 7 N–H and O–H groups in total. The summed E-state index contributed by atoms with van der Waals surface area (Å²) < 4.78 is 0. The SMILES string of the molecule is C[C@H](CCC(=O)NCCC[Si](C)(C)O)NC(=O)c1ccc(N(C)Cc2cnc3nc(N)nc(N)c3n2)cc1. The maximum absolute atomic E-state index is 12.7. The third kappa shape index (κ3) is 8.63. The van der Waals surface area contributed by atoms with Crippen molar-refractivity contribution in [1.82, 2.24) is 30.6 Å². The standard InChI is InChI=1S/C25H37N9O3Si/c1-16(6-11-20(35)28-12-5-13-38(3,4)37)30-24(36)17-7-9-19(10-8-17)34(2)15-18-14-29-23-21(31-18)22(26)32-25(27)33-23/h7-10,14,16,37H,5-6,11-13,15H2,1-4H3,(H,28,35)(H,30,36)(H4,26,27,29,32,33)/t16-/m1/s1. The Balaban J connectivity index is 1.47. The number of carbonyl (C=O) groups is 2. The number of nitrogens with zero attached hydrogens (tertiary/aromatic N) is 5. The normalized spacial score (nSPS) is 12.2. The van der Waals surface area contributed by atoms with Gasteiger partial charge in [-0.2, -0.15) is 9.97 Å². The number of hydrogen-bond acceptors (Lipinski definition) is 10. The van der Waals surface area contributed by atoms with Gasteiger partial charge in [0, 0.05) is 37.3 Å². The molecule has 3 rings (SSSR count). The second-order valence-electron chi connectivity index (χ2n) is 10.1. The third-order valence-corrected chi connectivity index (χ3v) is 7.52. The number of carbonyl (C=O) groups excluding carboxylic acids is 2. The number of hydrogen-bond donors (Lipinski definition) is 5. The molecule has 1 atom stereocenters. The third-order valence-electron chi connectivity index (χ3n) is 5.94. The first-order valence-electron chi connectivity index (χ1n) is 12.6. The summed E-state index contributed by atoms with van der Waals surface area (Å²) in [5.41, 5.74) is 14.4. The molecule has 0 bridgehead atoms. The zero-order chi connectivity index (χ0) is 27.9. The van der Waals surface area contributed by atoms with Crippen LogP contribution in [0.15, 0.2) is 30.5 Å². The van der Waals surface area contributed by atoms with Crippen molar-refractivity contribution in [2.24, 2.45) is 0 Å². The van der Waals surface area contributed by atoms with Crippen LogP contribution in [0.1, 0.15) is 42.2 Å². The summed E-state index contributed by atoms with van der Waals surface area (Å²) in [6.45, 7) is 6.66. The number of nitrogens with two attached hydrogens (primary N) is 2. The first kappa shape index (κ1) is 28.7. The van der Waals surface area contributed by atoms with Crippen LogP contribution in [-0.2, 0) is 11.3 Å². The van der Waals surface area contributed by atoms with Crippen LogP contribution in [0.4, 0.5) is 17.5 Å². The van der Waals surface area contributed by atoms with Gasteiger partial charge in [-0.05, 0) is 63.2 Å². The van der Waals surface area contributed by atoms with E-state index in [0.29, 0.717) is 48.4 Å². The minimum absolute atomic E-state index is 0.0497. The van der Waals surface area contributed by atoms with Gasteiger partial charge in [0.2, 0.25) is 11.9 Å². The molecule has 3 aromatic rings. The highest BCUT2D eigenvalue weighted by Gasteiger charge is 2.16. The second kappa shape index (κ2) is 12.6. The Labute approximate surface area is 223 Å². The van der Waals surface area contributed by atoms with Crippen molar-refractivity contribution >= 4 is 48.7 Å². The molecule has 0 spiro atoms. The molecule has 12 nitrogen and oxygen atoms in total. The van der Waals surface area contributed by atoms with Crippen LogP contribution >= 0.6 is 0 Å². The number of rotatable bonds is 12. The highest BCUT2D eigenvalue weighted by atomic mass is 28.4. The number of amides is 2. The van der Waals surface area contributed by atoms with E-state index in [9.17, 15) is 14.4 Å². The molecular weight excluding hydrogens is 502 g/mol. The van der Waals surface area contributed by atoms with E-state index >= 15 is 0 Å². The maximum atomic E-state index is 12.7. The molecule has 204 valence electrons. The minimum Gasteiger partial charge on any atom is -0.432 e. The molecule has 1 aromatic carbocycles. The van der Waals surface area contributed by atoms with Crippen LogP contribution in [0.25, 0.3) is 11.2 Å². The fourth-order valence-corrected chi connectivity index (χ4v) is 4.87. The van der Waals surface area contributed by atoms with Crippen molar-refractivity contribution in [3.05, 3.63) is 41.7 Å². The molecule has 2 aromatic heterocycles. The second-order valence-corrected chi connectivity index (χ2v) is 14.2. The van der Waals surface area contributed by atoms with Gasteiger partial charge in [-0.25, -0.2) is 9.97 Å². The topological polar surface area (TPSA) is 185 Å². The molecule has 0 unspecified atom stereocenters. The van der Waals surface area contributed by atoms with Crippen LogP contribution in [0.2, 0.25) is 19.1 Å². The summed E-state index contributed by atoms with van der Waals surface area (Å²) in [5.74, 6) is -0.0177. The largest absolute Gasteiger partial charge is 0.432 e. The van der Waals surface area contributed by atoms with Gasteiger partial charge in [-0.3, -0.25) is 9.59 Å². The number of benzene rings is 1. The quantitative estimate of drug-likeness (QED) is 0.168. The number of fused-ring (bicyclic) bond motifs is 1. The predicted octanol–water partition coefficient (Wildman–Crippen LogP) is 1.82. The Morgan fingerprint density at radius 2 is 1.84 bits per heavy atom. The van der Waals surface area contributed by atoms with Gasteiger partial charge in [-0.15, -0.1) is 0 Å². The number of nitrogens with one attached hydrogen (secondary N) is 2. The Morgan fingerprint density at radius 3 is 2.53 bits per heavy atom. The van der Waals surface area contributed by atoms with Crippen LogP contribution in [-0.4, -0.2) is 64.5 Å². The van der Waals surface area contributed by atoms with Gasteiger partial charge in [0.15, 0.2) is 25.3 Å². The van der Waals surface area contributed by atoms with Gasteiger partial charge < -0.3 is 31.8 Å². The minimum atomic E-state index is -2.08. The lowest BCUT2D eigenvalue weighted by atomic mass is 10.1. The number of aromatic nitrogens is 4. The van der Waals surface area contributed by atoms with Crippen molar-refractivity contribution in [2.45, 2.75) is 57.9 Å². The zero-order valence-electron chi connectivity index (χ0n) is 22.4. The van der Waals surface area contributed by atoms with Gasteiger partial charge in [0.25, 0.3) is 5.91 Å². The summed E-state index contributed by atoms with van der Waals surface area (Å²) >= 11 is 0. The molecule has 38 heavy (non-hydrogen) atoms. The van der Waals surface area contributed by atoms with Crippen molar-refractivity contribution in [3.63, 3.8) is 0 Å². The highest BCUT2D eigenvalue weighted by Crippen LogP contribution is 2.19. The Morgan fingerprint density at radius 1 is 1.13 bits per heavy atom. The Bertz CT molecular complexity index is 1270. The van der Waals surface area contributed by atoms with Gasteiger partial charge in [0.1, 0.15) is 0 Å². The van der Waals surface area contributed by atoms with E-state index in [1.165, 1.54) is 0 Å². The Hall–Kier alpha value is -3.84. The first-order valence-corrected chi connectivity index (χ1v) is 15.7. The average Bonchev–Trinajstić information content (AvgIpc) is 2.85. The van der Waals surface area contributed by atoms with Crippen molar-refractivity contribution in [1.29, 1.82) is 0 Å². The van der Waals surface area contributed by atoms with Gasteiger partial charge in [0.05, 0.1) is 18.4 Å². The monoisotopic (exact) mass is 539 g/mol. The van der Waals surface area contributed by atoms with Crippen LogP contribution in [0, 0.1) is 0 Å². The number of anilines is 3. The summed E-state index contributed by atoms with van der Waals surface area (Å²) in [5, 5.41) is 5.81. The van der Waals surface area contributed by atoms with E-state index in [2.05, 4.69) is 30.6 Å². The summed E-state index contributed by atoms with van der Waals surface area (Å²) in [7, 11) is -0.169. The fourth-order valence-electron chi connectivity index (χ4n) is 3.82. The van der Waals surface area contributed by atoms with E-state index in [4.69, 9.17) is 11.5 Å². The molecule has 13 heteroatoms. The lowest BCUT2D eigenvalue weighted by Gasteiger charge is -2.19. The number of nitrogen functional groups attached to an aromatic ring is 2. The summed E-state index contributed by atoms with van der Waals surface area (Å²) in [6.07, 6.45) is 3.25. The molecule has 0 saturated carbocycles. The molecule has 0 saturated heterocycles. The maximum Gasteiger partial charge on any atom is 0.251 e. The van der Waals surface area contributed by atoms with Crippen molar-refractivity contribution in [3.8, 4) is 0 Å². The van der Waals surface area contributed by atoms with E-state index in [0.717, 1.165) is 18.2 Å². The molecule has 0 aliphatic rings. The zero-order valence-corrected chi connectivity index (χ0v) is 23.4. The summed E-state index contributed by atoms with van der Waals surface area (Å²) in [4.78, 5) is 53.3. The van der Waals surface area contributed by atoms with Crippen LogP contribution in [0.3, 0.4) is 0 Å². The molecule has 0 fully saturated rings. The average molecular weight is 540 g/mol. The highest BCUT2D eigenvalue weighted by molar-refractivity contribution is 6.69. The lowest BCUT2D eigenvalue weighted by molar-refractivity contribution is -0.121. The molecule has 2 heterocycles. The van der Waals surface area contributed by atoms with E-state index in [-0.39, 0.29) is 29.6 Å². The summed E-state index contributed by atoms with van der Waals surface area (Å²) in [6, 6.07) is 7.83. The van der Waals surface area contributed by atoms with Crippen LogP contribution < -0.4 is 27.0 Å². The van der Waals surface area contributed by atoms with Crippen molar-refractivity contribution in [2.75, 3.05) is 30.0 Å². The molecule has 2 amide bonds. The molecule has 0 radical (unpaired) electrons. The predicted molar refractivity (Wildman–Crippen MR) is 151 cm³/mol. The van der Waals surface area contributed by atoms with E-state index in [1.54, 1.807) is 18.3 Å². The molecule has 0 aliphatic carbocycles. The van der Waals surface area contributed by atoms with Crippen LogP contribution in [0.5, 0.6) is 0 Å². The van der Waals surface area contributed by atoms with E-state index in [1.807, 2.05) is 44.1 Å².